The van der Waals surface area contributed by atoms with Crippen molar-refractivity contribution in [3.63, 3.8) is 0 Å². The summed E-state index contributed by atoms with van der Waals surface area (Å²) in [6.45, 7) is 0. The monoisotopic (exact) mass is 423 g/mol. The molecule has 3 N–H and O–H groups in total. The molecule has 0 saturated heterocycles. The van der Waals surface area contributed by atoms with E-state index in [0.717, 1.165) is 9.64 Å². The number of pyridine rings is 1. The van der Waals surface area contributed by atoms with Crippen molar-refractivity contribution in [2.45, 2.75) is 6.18 Å². The third-order valence-corrected chi connectivity index (χ3v) is 3.74. The van der Waals surface area contributed by atoms with Gasteiger partial charge in [-0.05, 0) is 46.9 Å². The van der Waals surface area contributed by atoms with Gasteiger partial charge in [-0.3, -0.25) is 0 Å². The van der Waals surface area contributed by atoms with Gasteiger partial charge in [0.2, 0.25) is 0 Å². The van der Waals surface area contributed by atoms with Crippen LogP contribution in [0.25, 0.3) is 0 Å². The standard InChI is InChI=1S/C13H9F3IN3S/c14-13(15,16)10-6-5-7(11(18)21)12(20-10)19-9-4-2-1-3-8(9)17/h1-6H,(H2,18,21)(H,19,20). The normalized spacial score (nSPS) is 11.2. The Morgan fingerprint density at radius 2 is 1.86 bits per heavy atom. The smallest absolute Gasteiger partial charge is 0.389 e. The second kappa shape index (κ2) is 6.14. The molecular weight excluding hydrogens is 414 g/mol. The maximum absolute atomic E-state index is 12.8. The highest BCUT2D eigenvalue weighted by Gasteiger charge is 2.33. The van der Waals surface area contributed by atoms with Crippen LogP contribution in [0.1, 0.15) is 11.3 Å². The second-order valence-corrected chi connectivity index (χ2v) is 5.66. The second-order valence-electron chi connectivity index (χ2n) is 4.06. The van der Waals surface area contributed by atoms with Gasteiger partial charge in [0, 0.05) is 3.57 Å². The summed E-state index contributed by atoms with van der Waals surface area (Å²) in [4.78, 5) is 3.57. The van der Waals surface area contributed by atoms with Crippen molar-refractivity contribution in [3.8, 4) is 0 Å². The van der Waals surface area contributed by atoms with Crippen LogP contribution in [0, 0.1) is 3.57 Å². The molecule has 1 aromatic heterocycles. The molecule has 0 aliphatic heterocycles. The van der Waals surface area contributed by atoms with Crippen LogP contribution in [0.4, 0.5) is 24.7 Å². The molecule has 1 aromatic carbocycles. The molecule has 21 heavy (non-hydrogen) atoms. The van der Waals surface area contributed by atoms with E-state index in [1.165, 1.54) is 6.07 Å². The lowest BCUT2D eigenvalue weighted by Crippen LogP contribution is -2.16. The summed E-state index contributed by atoms with van der Waals surface area (Å²) in [6, 6.07) is 9.20. The summed E-state index contributed by atoms with van der Waals surface area (Å²) in [5.74, 6) is -0.0126. The number of hydrogen-bond donors (Lipinski definition) is 2. The van der Waals surface area contributed by atoms with Gasteiger partial charge in [0.05, 0.1) is 11.3 Å². The predicted molar refractivity (Wildman–Crippen MR) is 87.6 cm³/mol. The molecule has 0 bridgehead atoms. The number of halogens is 4. The van der Waals surface area contributed by atoms with E-state index >= 15 is 0 Å². The SMILES string of the molecule is NC(=S)c1ccc(C(F)(F)F)nc1Nc1ccccc1I. The molecule has 3 nitrogen and oxygen atoms in total. The van der Waals surface area contributed by atoms with Gasteiger partial charge in [-0.1, -0.05) is 24.4 Å². The summed E-state index contributed by atoms with van der Waals surface area (Å²) in [6.07, 6.45) is -4.53. The lowest BCUT2D eigenvalue weighted by molar-refractivity contribution is -0.141. The maximum atomic E-state index is 12.8. The number of nitrogens with zero attached hydrogens (tertiary/aromatic N) is 1. The summed E-state index contributed by atoms with van der Waals surface area (Å²) < 4.78 is 39.1. The molecule has 110 valence electrons. The van der Waals surface area contributed by atoms with Crippen molar-refractivity contribution in [1.29, 1.82) is 0 Å². The molecule has 0 aliphatic carbocycles. The first-order chi connectivity index (χ1) is 9.79. The zero-order valence-corrected chi connectivity index (χ0v) is 13.4. The fraction of sp³-hybridized carbons (Fsp3) is 0.0769. The van der Waals surface area contributed by atoms with Gasteiger partial charge in [0.25, 0.3) is 0 Å². The van der Waals surface area contributed by atoms with Gasteiger partial charge in [-0.15, -0.1) is 0 Å². The molecule has 0 fully saturated rings. The minimum Gasteiger partial charge on any atom is -0.389 e. The predicted octanol–water partition coefficient (Wildman–Crippen LogP) is 4.08. The highest BCUT2D eigenvalue weighted by Crippen LogP contribution is 2.31. The Labute approximate surface area is 137 Å². The van der Waals surface area contributed by atoms with Crippen LogP contribution in [-0.4, -0.2) is 9.97 Å². The van der Waals surface area contributed by atoms with Gasteiger partial charge in [0.1, 0.15) is 16.5 Å². The van der Waals surface area contributed by atoms with Crippen molar-refractivity contribution in [2.75, 3.05) is 5.32 Å². The number of aromatic nitrogens is 1. The van der Waals surface area contributed by atoms with Gasteiger partial charge >= 0.3 is 6.18 Å². The molecule has 0 saturated carbocycles. The first-order valence-electron chi connectivity index (χ1n) is 5.68. The topological polar surface area (TPSA) is 50.9 Å². The first kappa shape index (κ1) is 16.0. The van der Waals surface area contributed by atoms with E-state index in [2.05, 4.69) is 32.9 Å². The van der Waals surface area contributed by atoms with Gasteiger partial charge in [-0.25, -0.2) is 4.98 Å². The quantitative estimate of drug-likeness (QED) is 0.577. The molecule has 2 rings (SSSR count). The lowest BCUT2D eigenvalue weighted by Gasteiger charge is -2.14. The van der Waals surface area contributed by atoms with E-state index in [-0.39, 0.29) is 16.4 Å². The van der Waals surface area contributed by atoms with Gasteiger partial charge in [0.15, 0.2) is 0 Å². The molecule has 0 atom stereocenters. The number of alkyl halides is 3. The number of anilines is 2. The molecule has 0 aliphatic rings. The minimum absolute atomic E-state index is 0.0126. The fourth-order valence-electron chi connectivity index (χ4n) is 1.60. The van der Waals surface area contributed by atoms with E-state index in [4.69, 9.17) is 18.0 Å². The third-order valence-electron chi connectivity index (χ3n) is 2.58. The molecule has 1 heterocycles. The van der Waals surface area contributed by atoms with Crippen LogP contribution >= 0.6 is 34.8 Å². The van der Waals surface area contributed by atoms with Crippen LogP contribution in [0.5, 0.6) is 0 Å². The molecule has 8 heteroatoms. The number of para-hydroxylation sites is 1. The van der Waals surface area contributed by atoms with E-state index in [1.54, 1.807) is 12.1 Å². The van der Waals surface area contributed by atoms with Crippen molar-refractivity contribution in [2.24, 2.45) is 5.73 Å². The van der Waals surface area contributed by atoms with Crippen molar-refractivity contribution >= 4 is 51.3 Å². The van der Waals surface area contributed by atoms with Crippen LogP contribution < -0.4 is 11.1 Å². The van der Waals surface area contributed by atoms with Crippen LogP contribution in [0.15, 0.2) is 36.4 Å². The fourth-order valence-corrected chi connectivity index (χ4v) is 2.29. The largest absolute Gasteiger partial charge is 0.433 e. The number of nitrogens with two attached hydrogens (primary N) is 1. The molecule has 0 unspecified atom stereocenters. The third kappa shape index (κ3) is 3.82. The highest BCUT2D eigenvalue weighted by molar-refractivity contribution is 14.1. The summed E-state index contributed by atoms with van der Waals surface area (Å²) in [7, 11) is 0. The lowest BCUT2D eigenvalue weighted by atomic mass is 10.2. The zero-order valence-electron chi connectivity index (χ0n) is 10.4. The Balaban J connectivity index is 2.49. The van der Waals surface area contributed by atoms with E-state index < -0.39 is 11.9 Å². The first-order valence-corrected chi connectivity index (χ1v) is 7.17. The Kier molecular flexibility index (Phi) is 4.67. The van der Waals surface area contributed by atoms with Crippen LogP contribution in [0.2, 0.25) is 0 Å². The Hall–Kier alpha value is -1.42. The number of benzene rings is 1. The molecule has 0 spiro atoms. The van der Waals surface area contributed by atoms with Crippen molar-refractivity contribution in [1.82, 2.24) is 4.98 Å². The highest BCUT2D eigenvalue weighted by atomic mass is 127. The summed E-state index contributed by atoms with van der Waals surface area (Å²) in [5.41, 5.74) is 5.42. The van der Waals surface area contributed by atoms with Gasteiger partial charge < -0.3 is 11.1 Å². The van der Waals surface area contributed by atoms with E-state index in [9.17, 15) is 13.2 Å². The Morgan fingerprint density at radius 1 is 1.19 bits per heavy atom. The number of hydrogen-bond acceptors (Lipinski definition) is 3. The average Bonchev–Trinajstić information content (AvgIpc) is 2.40. The maximum Gasteiger partial charge on any atom is 0.433 e. The van der Waals surface area contributed by atoms with E-state index in [1.807, 2.05) is 12.1 Å². The Morgan fingerprint density at radius 3 is 2.43 bits per heavy atom. The summed E-state index contributed by atoms with van der Waals surface area (Å²) in [5, 5.41) is 2.85. The minimum atomic E-state index is -4.53. The summed E-state index contributed by atoms with van der Waals surface area (Å²) >= 11 is 6.91. The van der Waals surface area contributed by atoms with Crippen molar-refractivity contribution < 1.29 is 13.2 Å². The molecule has 2 aromatic rings. The molecule has 0 amide bonds. The number of rotatable bonds is 3. The average molecular weight is 423 g/mol. The molecule has 0 radical (unpaired) electrons. The van der Waals surface area contributed by atoms with Gasteiger partial charge in [-0.2, -0.15) is 13.2 Å². The van der Waals surface area contributed by atoms with E-state index in [0.29, 0.717) is 5.69 Å². The van der Waals surface area contributed by atoms with Crippen LogP contribution in [0.3, 0.4) is 0 Å². The number of thiocarbonyl (C=S) groups is 1. The number of nitrogens with one attached hydrogen (secondary N) is 1. The zero-order chi connectivity index (χ0) is 15.6. The van der Waals surface area contributed by atoms with Crippen LogP contribution in [-0.2, 0) is 6.18 Å². The van der Waals surface area contributed by atoms with Crippen molar-refractivity contribution in [3.05, 3.63) is 51.2 Å². The molecular formula is C13H9F3IN3S. The Bertz CT molecular complexity index is 689.